The Morgan fingerprint density at radius 1 is 1.07 bits per heavy atom. The first-order valence-electron chi connectivity index (χ1n) is 13.2. The van der Waals surface area contributed by atoms with Crippen molar-refractivity contribution in [3.63, 3.8) is 0 Å². The molecule has 1 amide bonds. The monoisotopic (exact) mass is 578 g/mol. The van der Waals surface area contributed by atoms with Crippen molar-refractivity contribution in [2.75, 3.05) is 31.3 Å². The molecule has 2 N–H and O–H groups in total. The number of likely N-dealkylation sites (N-methyl/N-ethyl adjacent to an activating group) is 1. The first-order valence-corrected chi connectivity index (χ1v) is 13.6. The molecule has 0 bridgehead atoms. The highest BCUT2D eigenvalue weighted by atomic mass is 35.5. The fourth-order valence-corrected chi connectivity index (χ4v) is 4.21. The van der Waals surface area contributed by atoms with Crippen LogP contribution in [0.25, 0.3) is 12.2 Å². The van der Waals surface area contributed by atoms with Crippen LogP contribution in [0.2, 0.25) is 5.02 Å². The summed E-state index contributed by atoms with van der Waals surface area (Å²) in [6, 6.07) is 20.7. The van der Waals surface area contributed by atoms with Crippen LogP contribution >= 0.6 is 11.6 Å². The topological polar surface area (TPSA) is 103 Å². The molecule has 0 aliphatic heterocycles. The fraction of sp³-hybridized carbons (Fsp3) is 0.152. The molecule has 0 aliphatic rings. The van der Waals surface area contributed by atoms with E-state index in [9.17, 15) is 10.1 Å². The van der Waals surface area contributed by atoms with E-state index in [0.29, 0.717) is 46.5 Å². The van der Waals surface area contributed by atoms with E-state index in [1.807, 2.05) is 92.7 Å². The van der Waals surface area contributed by atoms with E-state index >= 15 is 0 Å². The number of amides is 1. The Morgan fingerprint density at radius 3 is 2.67 bits per heavy atom. The van der Waals surface area contributed by atoms with E-state index < -0.39 is 0 Å². The van der Waals surface area contributed by atoms with Gasteiger partial charge >= 0.3 is 0 Å². The largest absolute Gasteiger partial charge is 0.486 e. The van der Waals surface area contributed by atoms with Gasteiger partial charge in [-0.3, -0.25) is 14.8 Å². The number of hydrogen-bond donors (Lipinski definition) is 2. The molecule has 0 aliphatic carbocycles. The van der Waals surface area contributed by atoms with Gasteiger partial charge in [0.1, 0.15) is 18.4 Å². The van der Waals surface area contributed by atoms with E-state index in [4.69, 9.17) is 16.3 Å². The van der Waals surface area contributed by atoms with Crippen LogP contribution in [-0.4, -0.2) is 41.4 Å². The molecule has 0 saturated heterocycles. The number of nitriles is 1. The summed E-state index contributed by atoms with van der Waals surface area (Å²) < 4.78 is 5.84. The van der Waals surface area contributed by atoms with E-state index in [0.717, 1.165) is 22.5 Å². The van der Waals surface area contributed by atoms with Crippen LogP contribution in [0.1, 0.15) is 28.1 Å². The molecule has 0 atom stereocenters. The minimum absolute atomic E-state index is 0.196. The highest BCUT2D eigenvalue weighted by molar-refractivity contribution is 6.32. The first kappa shape index (κ1) is 30.0. The number of carbonyl (C=O) groups excluding carboxylic acids is 1. The van der Waals surface area contributed by atoms with Crippen LogP contribution in [0.5, 0.6) is 5.75 Å². The number of hydrogen-bond acceptors (Lipinski definition) is 7. The van der Waals surface area contributed by atoms with Gasteiger partial charge in [0.25, 0.3) is 0 Å². The van der Waals surface area contributed by atoms with Gasteiger partial charge in [0.15, 0.2) is 0 Å². The van der Waals surface area contributed by atoms with Gasteiger partial charge < -0.3 is 20.3 Å². The maximum absolute atomic E-state index is 12.3. The molecule has 2 aromatic carbocycles. The molecule has 0 fully saturated rings. The lowest BCUT2D eigenvalue weighted by molar-refractivity contribution is -0.111. The second kappa shape index (κ2) is 14.6. The van der Waals surface area contributed by atoms with Gasteiger partial charge in [-0.05, 0) is 69.0 Å². The van der Waals surface area contributed by atoms with Crippen molar-refractivity contribution in [1.29, 1.82) is 5.26 Å². The van der Waals surface area contributed by atoms with Crippen molar-refractivity contribution in [2.45, 2.75) is 13.5 Å². The van der Waals surface area contributed by atoms with Gasteiger partial charge in [-0.15, -0.1) is 0 Å². The van der Waals surface area contributed by atoms with Crippen LogP contribution < -0.4 is 15.4 Å². The number of ether oxygens (including phenoxy) is 1. The second-order valence-electron chi connectivity index (χ2n) is 9.65. The Morgan fingerprint density at radius 2 is 1.93 bits per heavy atom. The minimum atomic E-state index is -0.196. The Bertz CT molecular complexity index is 1640. The summed E-state index contributed by atoms with van der Waals surface area (Å²) in [6.45, 7) is 2.85. The lowest BCUT2D eigenvalue weighted by Gasteiger charge is -2.15. The Hall–Kier alpha value is -4.97. The van der Waals surface area contributed by atoms with Gasteiger partial charge in [0, 0.05) is 47.6 Å². The van der Waals surface area contributed by atoms with Gasteiger partial charge in [-0.2, -0.15) is 5.26 Å². The molecule has 0 unspecified atom stereocenters. The minimum Gasteiger partial charge on any atom is -0.486 e. The third kappa shape index (κ3) is 8.51. The first-order chi connectivity index (χ1) is 20.3. The summed E-state index contributed by atoms with van der Waals surface area (Å²) in [4.78, 5) is 22.9. The molecule has 2 heterocycles. The molecule has 4 rings (SSSR count). The predicted octanol–water partition coefficient (Wildman–Crippen LogP) is 6.86. The standard InChI is InChI=1S/C33H31ClN6O2/c1-23-29(14-12-24-8-6-10-26(18-24)38-32(41)11-7-17-40(2)3)33(25(20-35)21-37-23)39-27-13-15-31(30(34)19-27)42-22-28-9-4-5-16-36-28/h4-16,18-19,21H,17,22H2,1-3H3,(H,37,39)(H,38,41)/b11-7+,14-12+. The summed E-state index contributed by atoms with van der Waals surface area (Å²) in [5.74, 6) is 0.331. The van der Waals surface area contributed by atoms with E-state index in [1.54, 1.807) is 24.5 Å². The maximum Gasteiger partial charge on any atom is 0.248 e. The number of aryl methyl sites for hydroxylation is 1. The zero-order chi connectivity index (χ0) is 29.9. The van der Waals surface area contributed by atoms with Gasteiger partial charge in [-0.1, -0.05) is 48.0 Å². The predicted molar refractivity (Wildman–Crippen MR) is 169 cm³/mol. The SMILES string of the molecule is Cc1ncc(C#N)c(Nc2ccc(OCc3ccccn3)c(Cl)c2)c1/C=C/c1cccc(NC(=O)/C=C/CN(C)C)c1. The smallest absolute Gasteiger partial charge is 0.248 e. The van der Waals surface area contributed by atoms with Crippen molar-refractivity contribution in [1.82, 2.24) is 14.9 Å². The summed E-state index contributed by atoms with van der Waals surface area (Å²) in [6.07, 6.45) is 10.4. The molecule has 8 nitrogen and oxygen atoms in total. The lowest BCUT2D eigenvalue weighted by Crippen LogP contribution is -2.12. The van der Waals surface area contributed by atoms with Crippen LogP contribution in [0.15, 0.2) is 85.2 Å². The van der Waals surface area contributed by atoms with E-state index in [-0.39, 0.29) is 5.91 Å². The van der Waals surface area contributed by atoms with Crippen molar-refractivity contribution >= 4 is 46.7 Å². The average molecular weight is 579 g/mol. The molecular weight excluding hydrogens is 548 g/mol. The highest BCUT2D eigenvalue weighted by Crippen LogP contribution is 2.33. The molecule has 0 radical (unpaired) electrons. The number of aromatic nitrogens is 2. The van der Waals surface area contributed by atoms with Crippen LogP contribution in [0.3, 0.4) is 0 Å². The molecule has 2 aromatic heterocycles. The number of halogens is 1. The molecule has 4 aromatic rings. The van der Waals surface area contributed by atoms with Crippen LogP contribution in [0.4, 0.5) is 17.1 Å². The molecule has 212 valence electrons. The number of anilines is 3. The normalized spacial score (nSPS) is 11.1. The summed E-state index contributed by atoms with van der Waals surface area (Å²) in [7, 11) is 3.88. The summed E-state index contributed by atoms with van der Waals surface area (Å²) in [5.41, 5.74) is 5.52. The lowest BCUT2D eigenvalue weighted by atomic mass is 10.1. The third-order valence-electron chi connectivity index (χ3n) is 6.08. The fourth-order valence-electron chi connectivity index (χ4n) is 3.97. The van der Waals surface area contributed by atoms with Gasteiger partial charge in [0.05, 0.1) is 22.0 Å². The summed E-state index contributed by atoms with van der Waals surface area (Å²) in [5, 5.41) is 16.5. The van der Waals surface area contributed by atoms with E-state index in [1.165, 1.54) is 6.08 Å². The van der Waals surface area contributed by atoms with Crippen LogP contribution in [0, 0.1) is 18.3 Å². The Kier molecular flexibility index (Phi) is 10.4. The number of nitrogens with one attached hydrogen (secondary N) is 2. The van der Waals surface area contributed by atoms with Gasteiger partial charge in [0.2, 0.25) is 5.91 Å². The third-order valence-corrected chi connectivity index (χ3v) is 6.37. The highest BCUT2D eigenvalue weighted by Gasteiger charge is 2.13. The van der Waals surface area contributed by atoms with Gasteiger partial charge in [-0.25, -0.2) is 0 Å². The molecule has 0 spiro atoms. The molecule has 9 heteroatoms. The second-order valence-corrected chi connectivity index (χ2v) is 10.1. The number of pyridine rings is 2. The average Bonchev–Trinajstić information content (AvgIpc) is 2.97. The zero-order valence-electron chi connectivity index (χ0n) is 23.6. The van der Waals surface area contributed by atoms with E-state index in [2.05, 4.69) is 26.7 Å². The molecule has 42 heavy (non-hydrogen) atoms. The Labute approximate surface area is 251 Å². The number of carbonyl (C=O) groups is 1. The number of benzene rings is 2. The zero-order valence-corrected chi connectivity index (χ0v) is 24.4. The maximum atomic E-state index is 12.3. The van der Waals surface area contributed by atoms with Crippen molar-refractivity contribution in [3.8, 4) is 11.8 Å². The van der Waals surface area contributed by atoms with Crippen molar-refractivity contribution < 1.29 is 9.53 Å². The van der Waals surface area contributed by atoms with Crippen LogP contribution in [-0.2, 0) is 11.4 Å². The molecule has 0 saturated carbocycles. The summed E-state index contributed by atoms with van der Waals surface area (Å²) >= 11 is 6.53. The quantitative estimate of drug-likeness (QED) is 0.187. The Balaban J connectivity index is 1.52. The number of rotatable bonds is 11. The van der Waals surface area contributed by atoms with Crippen molar-refractivity contribution in [2.24, 2.45) is 0 Å². The molecular formula is C33H31ClN6O2. The number of nitrogens with zero attached hydrogens (tertiary/aromatic N) is 4. The van der Waals surface area contributed by atoms with Crippen molar-refractivity contribution in [3.05, 3.63) is 118 Å².